The molecule has 0 aliphatic rings. The van der Waals surface area contributed by atoms with Crippen molar-refractivity contribution in [3.63, 3.8) is 0 Å². The molecular formula is C21H23BrN4O4S. The fourth-order valence-corrected chi connectivity index (χ4v) is 2.80. The normalized spacial score (nSPS) is 10.0. The number of hydrogen-bond donors (Lipinski definition) is 4. The number of aryl methyl sites for hydroxylation is 1. The van der Waals surface area contributed by atoms with Crippen LogP contribution in [0.5, 0.6) is 5.75 Å². The van der Waals surface area contributed by atoms with Gasteiger partial charge >= 0.3 is 0 Å². The van der Waals surface area contributed by atoms with Gasteiger partial charge in [-0.25, -0.2) is 0 Å². The van der Waals surface area contributed by atoms with Crippen molar-refractivity contribution in [1.29, 1.82) is 0 Å². The van der Waals surface area contributed by atoms with Gasteiger partial charge in [-0.15, -0.1) is 0 Å². The highest BCUT2D eigenvalue weighted by Gasteiger charge is 2.09. The largest absolute Gasteiger partial charge is 0.484 e. The van der Waals surface area contributed by atoms with Gasteiger partial charge in [0, 0.05) is 22.1 Å². The van der Waals surface area contributed by atoms with Crippen molar-refractivity contribution in [3.8, 4) is 5.75 Å². The number of thiocarbonyl (C=S) groups is 1. The van der Waals surface area contributed by atoms with Gasteiger partial charge in [0.15, 0.2) is 11.7 Å². The number of amides is 3. The number of halogens is 1. The zero-order valence-corrected chi connectivity index (χ0v) is 19.5. The standard InChI is InChI=1S/C21H23BrN4O4S/c1-3-4-18(27)23-15-7-5-14(6-8-15)20(29)25-26-21(31)24-19(28)12-30-16-9-10-17(22)13(2)11-16/h5-11H,3-4,12H2,1-2H3,(H,23,27)(H,25,29)(H2,24,26,28,31). The van der Waals surface area contributed by atoms with Crippen molar-refractivity contribution in [3.05, 3.63) is 58.1 Å². The predicted molar refractivity (Wildman–Crippen MR) is 126 cm³/mol. The van der Waals surface area contributed by atoms with Crippen molar-refractivity contribution < 1.29 is 19.1 Å². The van der Waals surface area contributed by atoms with E-state index in [1.54, 1.807) is 36.4 Å². The Kier molecular flexibility index (Phi) is 9.41. The van der Waals surface area contributed by atoms with E-state index >= 15 is 0 Å². The Hall–Kier alpha value is -2.98. The van der Waals surface area contributed by atoms with E-state index < -0.39 is 11.8 Å². The highest BCUT2D eigenvalue weighted by Crippen LogP contribution is 2.21. The average molecular weight is 507 g/mol. The predicted octanol–water partition coefficient (Wildman–Crippen LogP) is 3.21. The maximum absolute atomic E-state index is 12.2. The van der Waals surface area contributed by atoms with E-state index in [4.69, 9.17) is 17.0 Å². The van der Waals surface area contributed by atoms with Crippen LogP contribution in [0.15, 0.2) is 46.9 Å². The smallest absolute Gasteiger partial charge is 0.269 e. The van der Waals surface area contributed by atoms with Crippen molar-refractivity contribution in [2.24, 2.45) is 0 Å². The van der Waals surface area contributed by atoms with Crippen molar-refractivity contribution in [2.75, 3.05) is 11.9 Å². The third-order valence-corrected chi connectivity index (χ3v) is 5.04. The number of hydrogen-bond acceptors (Lipinski definition) is 5. The summed E-state index contributed by atoms with van der Waals surface area (Å²) >= 11 is 8.39. The first kappa shape index (κ1) is 24.3. The lowest BCUT2D eigenvalue weighted by Crippen LogP contribution is -2.49. The van der Waals surface area contributed by atoms with Crippen molar-refractivity contribution in [2.45, 2.75) is 26.7 Å². The summed E-state index contributed by atoms with van der Waals surface area (Å²) in [5.41, 5.74) is 6.79. The first-order valence-electron chi connectivity index (χ1n) is 9.47. The molecule has 4 N–H and O–H groups in total. The number of carbonyl (C=O) groups is 3. The Bertz CT molecular complexity index is 966. The highest BCUT2D eigenvalue weighted by atomic mass is 79.9. The molecule has 0 aromatic heterocycles. The zero-order valence-electron chi connectivity index (χ0n) is 17.1. The van der Waals surface area contributed by atoms with Crippen LogP contribution in [0.1, 0.15) is 35.7 Å². The van der Waals surface area contributed by atoms with E-state index in [9.17, 15) is 14.4 Å². The maximum atomic E-state index is 12.2. The molecule has 8 nitrogen and oxygen atoms in total. The molecule has 3 amide bonds. The Morgan fingerprint density at radius 1 is 1.03 bits per heavy atom. The summed E-state index contributed by atoms with van der Waals surface area (Å²) in [5.74, 6) is -0.455. The fraction of sp³-hybridized carbons (Fsp3) is 0.238. The molecular weight excluding hydrogens is 484 g/mol. The molecule has 0 atom stereocenters. The lowest BCUT2D eigenvalue weighted by molar-refractivity contribution is -0.121. The summed E-state index contributed by atoms with van der Waals surface area (Å²) in [5, 5.41) is 5.08. The third-order valence-electron chi connectivity index (χ3n) is 3.95. The molecule has 0 aliphatic heterocycles. The van der Waals surface area contributed by atoms with Crippen LogP contribution in [0.3, 0.4) is 0 Å². The molecule has 0 saturated heterocycles. The Morgan fingerprint density at radius 2 is 1.74 bits per heavy atom. The third kappa shape index (κ3) is 8.35. The van der Waals surface area contributed by atoms with Crippen molar-refractivity contribution in [1.82, 2.24) is 16.2 Å². The molecule has 2 aromatic rings. The fourth-order valence-electron chi connectivity index (χ4n) is 2.39. The second-order valence-corrected chi connectivity index (χ2v) is 7.79. The van der Waals surface area contributed by atoms with Gasteiger partial charge in [-0.1, -0.05) is 22.9 Å². The summed E-state index contributed by atoms with van der Waals surface area (Å²) in [6, 6.07) is 11.8. The lowest BCUT2D eigenvalue weighted by Gasteiger charge is -2.12. The van der Waals surface area contributed by atoms with Crippen LogP contribution < -0.4 is 26.2 Å². The van der Waals surface area contributed by atoms with Crippen LogP contribution in [-0.4, -0.2) is 29.4 Å². The minimum absolute atomic E-state index is 0.0719. The molecule has 0 radical (unpaired) electrons. The average Bonchev–Trinajstić information content (AvgIpc) is 2.73. The number of carbonyl (C=O) groups excluding carboxylic acids is 3. The molecule has 2 aromatic carbocycles. The monoisotopic (exact) mass is 506 g/mol. The van der Waals surface area contributed by atoms with E-state index in [-0.39, 0.29) is 17.6 Å². The first-order chi connectivity index (χ1) is 14.8. The lowest BCUT2D eigenvalue weighted by atomic mass is 10.2. The minimum Gasteiger partial charge on any atom is -0.484 e. The Balaban J connectivity index is 1.74. The molecule has 10 heteroatoms. The van der Waals surface area contributed by atoms with Gasteiger partial charge in [-0.2, -0.15) is 0 Å². The zero-order chi connectivity index (χ0) is 22.8. The number of benzene rings is 2. The minimum atomic E-state index is -0.473. The van der Waals surface area contributed by atoms with E-state index in [0.29, 0.717) is 23.4 Å². The number of hydrazine groups is 1. The van der Waals surface area contributed by atoms with E-state index in [2.05, 4.69) is 37.4 Å². The quantitative estimate of drug-likeness (QED) is 0.339. The number of ether oxygens (including phenoxy) is 1. The van der Waals surface area contributed by atoms with E-state index in [0.717, 1.165) is 16.5 Å². The van der Waals surface area contributed by atoms with Crippen LogP contribution in [0.25, 0.3) is 0 Å². The Labute approximate surface area is 194 Å². The molecule has 31 heavy (non-hydrogen) atoms. The van der Waals surface area contributed by atoms with Gasteiger partial charge in [0.1, 0.15) is 5.75 Å². The van der Waals surface area contributed by atoms with Gasteiger partial charge in [0.25, 0.3) is 11.8 Å². The molecule has 0 aliphatic carbocycles. The number of rotatable bonds is 7. The molecule has 164 valence electrons. The highest BCUT2D eigenvalue weighted by molar-refractivity contribution is 9.10. The molecule has 0 saturated carbocycles. The summed E-state index contributed by atoms with van der Waals surface area (Å²) in [6.07, 6.45) is 1.19. The molecule has 0 spiro atoms. The number of nitrogens with one attached hydrogen (secondary N) is 4. The first-order valence-corrected chi connectivity index (χ1v) is 10.7. The van der Waals surface area contributed by atoms with Crippen LogP contribution in [0.4, 0.5) is 5.69 Å². The summed E-state index contributed by atoms with van der Waals surface area (Å²) in [7, 11) is 0. The van der Waals surface area contributed by atoms with Crippen molar-refractivity contribution >= 4 is 56.7 Å². The summed E-state index contributed by atoms with van der Waals surface area (Å²) < 4.78 is 6.36. The maximum Gasteiger partial charge on any atom is 0.269 e. The van der Waals surface area contributed by atoms with Crippen LogP contribution in [0, 0.1) is 6.92 Å². The van der Waals surface area contributed by atoms with Crippen LogP contribution in [-0.2, 0) is 9.59 Å². The topological polar surface area (TPSA) is 109 Å². The van der Waals surface area contributed by atoms with Gasteiger partial charge < -0.3 is 10.1 Å². The Morgan fingerprint density at radius 3 is 2.39 bits per heavy atom. The molecule has 2 rings (SSSR count). The van der Waals surface area contributed by atoms with E-state index in [1.165, 1.54) is 0 Å². The van der Waals surface area contributed by atoms with Gasteiger partial charge in [-0.3, -0.25) is 30.6 Å². The van der Waals surface area contributed by atoms with Gasteiger partial charge in [0.05, 0.1) is 0 Å². The molecule has 0 bridgehead atoms. The van der Waals surface area contributed by atoms with Crippen LogP contribution in [0.2, 0.25) is 0 Å². The number of anilines is 1. The second kappa shape index (κ2) is 12.0. The molecule has 0 fully saturated rings. The van der Waals surface area contributed by atoms with Gasteiger partial charge in [-0.05, 0) is 73.6 Å². The molecule has 0 heterocycles. The van der Waals surface area contributed by atoms with Gasteiger partial charge in [0.2, 0.25) is 5.91 Å². The molecule has 0 unspecified atom stereocenters. The summed E-state index contributed by atoms with van der Waals surface area (Å²) in [6.45, 7) is 3.60. The van der Waals surface area contributed by atoms with E-state index in [1.807, 2.05) is 19.9 Å². The summed E-state index contributed by atoms with van der Waals surface area (Å²) in [4.78, 5) is 35.7. The second-order valence-electron chi connectivity index (χ2n) is 6.53. The SMILES string of the molecule is CCCC(=O)Nc1ccc(C(=O)NNC(=S)NC(=O)COc2ccc(Br)c(C)c2)cc1. The van der Waals surface area contributed by atoms with Crippen LogP contribution >= 0.6 is 28.1 Å².